The molecular formula is C14H21Cl2NO. The molecule has 18 heavy (non-hydrogen) atoms. The molecule has 0 aromatic heterocycles. The van der Waals surface area contributed by atoms with Gasteiger partial charge in [-0.15, -0.1) is 0 Å². The highest BCUT2D eigenvalue weighted by Crippen LogP contribution is 2.28. The predicted octanol–water partition coefficient (Wildman–Crippen LogP) is 4.53. The molecule has 4 heteroatoms. The zero-order valence-electron chi connectivity index (χ0n) is 10.8. The van der Waals surface area contributed by atoms with Gasteiger partial charge in [-0.2, -0.15) is 0 Å². The zero-order chi connectivity index (χ0) is 13.4. The van der Waals surface area contributed by atoms with Gasteiger partial charge in [0.1, 0.15) is 5.75 Å². The van der Waals surface area contributed by atoms with Gasteiger partial charge in [0.25, 0.3) is 0 Å². The first kappa shape index (κ1) is 15.6. The quantitative estimate of drug-likeness (QED) is 0.763. The van der Waals surface area contributed by atoms with Gasteiger partial charge < -0.3 is 10.5 Å². The summed E-state index contributed by atoms with van der Waals surface area (Å²) in [5, 5.41) is 1.24. The monoisotopic (exact) mass is 289 g/mol. The second-order valence-electron chi connectivity index (χ2n) is 4.47. The van der Waals surface area contributed by atoms with Gasteiger partial charge in [-0.1, -0.05) is 43.0 Å². The van der Waals surface area contributed by atoms with Crippen molar-refractivity contribution in [1.29, 1.82) is 0 Å². The molecule has 0 heterocycles. The first-order chi connectivity index (χ1) is 8.67. The lowest BCUT2D eigenvalue weighted by molar-refractivity contribution is 0.231. The minimum absolute atomic E-state index is 0.491. The number of hydrogen-bond acceptors (Lipinski definition) is 2. The lowest BCUT2D eigenvalue weighted by Gasteiger charge is -2.17. The van der Waals surface area contributed by atoms with E-state index in [1.807, 2.05) is 0 Å². The number of ether oxygens (including phenoxy) is 1. The second kappa shape index (κ2) is 8.63. The normalized spacial score (nSPS) is 12.4. The largest absolute Gasteiger partial charge is 0.492 e. The Balaban J connectivity index is 2.52. The molecule has 0 saturated heterocycles. The number of unbranched alkanes of at least 4 members (excludes halogenated alkanes) is 1. The zero-order valence-corrected chi connectivity index (χ0v) is 12.3. The molecule has 2 nitrogen and oxygen atoms in total. The molecular weight excluding hydrogens is 269 g/mol. The minimum atomic E-state index is 0.491. The number of halogens is 2. The molecule has 1 aromatic rings. The van der Waals surface area contributed by atoms with Gasteiger partial charge >= 0.3 is 0 Å². The van der Waals surface area contributed by atoms with Crippen LogP contribution in [-0.2, 0) is 0 Å². The Morgan fingerprint density at radius 3 is 2.72 bits per heavy atom. The fraction of sp³-hybridized carbons (Fsp3) is 0.571. The van der Waals surface area contributed by atoms with Gasteiger partial charge in [0.05, 0.1) is 11.6 Å². The average Bonchev–Trinajstić information content (AvgIpc) is 2.36. The fourth-order valence-corrected chi connectivity index (χ4v) is 2.17. The molecule has 1 atom stereocenters. The summed E-state index contributed by atoms with van der Waals surface area (Å²) in [5.41, 5.74) is 5.62. The van der Waals surface area contributed by atoms with Crippen molar-refractivity contribution < 1.29 is 4.74 Å². The van der Waals surface area contributed by atoms with Crippen LogP contribution in [0.4, 0.5) is 0 Å². The Hall–Kier alpha value is -0.440. The Labute approximate surface area is 119 Å². The Bertz CT molecular complexity index is 358. The number of nitrogens with two attached hydrogens (primary N) is 1. The van der Waals surface area contributed by atoms with E-state index in [1.165, 1.54) is 12.8 Å². The third-order valence-corrected chi connectivity index (χ3v) is 3.46. The summed E-state index contributed by atoms with van der Waals surface area (Å²) in [5.74, 6) is 1.15. The smallest absolute Gasteiger partial charge is 0.139 e. The molecule has 102 valence electrons. The van der Waals surface area contributed by atoms with E-state index in [9.17, 15) is 0 Å². The SMILES string of the molecule is CCCCC(CCN)COc1cc(Cl)ccc1Cl. The first-order valence-electron chi connectivity index (χ1n) is 6.45. The third kappa shape index (κ3) is 5.47. The van der Waals surface area contributed by atoms with Crippen molar-refractivity contribution in [2.75, 3.05) is 13.2 Å². The van der Waals surface area contributed by atoms with Crippen molar-refractivity contribution in [2.45, 2.75) is 32.6 Å². The maximum atomic E-state index is 6.05. The van der Waals surface area contributed by atoms with E-state index in [0.29, 0.717) is 34.9 Å². The lowest BCUT2D eigenvalue weighted by Crippen LogP contribution is -2.16. The maximum Gasteiger partial charge on any atom is 0.139 e. The minimum Gasteiger partial charge on any atom is -0.492 e. The molecule has 1 rings (SSSR count). The predicted molar refractivity (Wildman–Crippen MR) is 78.6 cm³/mol. The highest BCUT2D eigenvalue weighted by Gasteiger charge is 2.10. The summed E-state index contributed by atoms with van der Waals surface area (Å²) in [6, 6.07) is 5.26. The van der Waals surface area contributed by atoms with Gasteiger partial charge in [-0.3, -0.25) is 0 Å². The van der Waals surface area contributed by atoms with Crippen molar-refractivity contribution in [3.63, 3.8) is 0 Å². The van der Waals surface area contributed by atoms with Crippen molar-refractivity contribution in [1.82, 2.24) is 0 Å². The van der Waals surface area contributed by atoms with E-state index < -0.39 is 0 Å². The van der Waals surface area contributed by atoms with E-state index in [1.54, 1.807) is 18.2 Å². The Morgan fingerprint density at radius 1 is 1.28 bits per heavy atom. The first-order valence-corrected chi connectivity index (χ1v) is 7.20. The molecule has 0 spiro atoms. The van der Waals surface area contributed by atoms with Crippen LogP contribution >= 0.6 is 23.2 Å². The Morgan fingerprint density at radius 2 is 2.06 bits per heavy atom. The number of hydrogen-bond donors (Lipinski definition) is 1. The van der Waals surface area contributed by atoms with Crippen LogP contribution in [0.3, 0.4) is 0 Å². The van der Waals surface area contributed by atoms with Gasteiger partial charge in [0.15, 0.2) is 0 Å². The third-order valence-electron chi connectivity index (χ3n) is 2.91. The van der Waals surface area contributed by atoms with Crippen LogP contribution in [-0.4, -0.2) is 13.2 Å². The van der Waals surface area contributed by atoms with Crippen LogP contribution in [0.2, 0.25) is 10.0 Å². The van der Waals surface area contributed by atoms with Crippen molar-refractivity contribution in [2.24, 2.45) is 11.7 Å². The summed E-state index contributed by atoms with van der Waals surface area (Å²) >= 11 is 12.0. The molecule has 1 aromatic carbocycles. The van der Waals surface area contributed by atoms with Crippen LogP contribution in [0.1, 0.15) is 32.6 Å². The van der Waals surface area contributed by atoms with Crippen LogP contribution in [0.5, 0.6) is 5.75 Å². The molecule has 0 aliphatic carbocycles. The highest BCUT2D eigenvalue weighted by molar-refractivity contribution is 6.34. The molecule has 0 bridgehead atoms. The fourth-order valence-electron chi connectivity index (χ4n) is 1.83. The van der Waals surface area contributed by atoms with Gasteiger partial charge in [-0.05, 0) is 37.4 Å². The summed E-state index contributed by atoms with van der Waals surface area (Å²) in [6.07, 6.45) is 4.53. The maximum absolute atomic E-state index is 6.05. The summed E-state index contributed by atoms with van der Waals surface area (Å²) in [4.78, 5) is 0. The van der Waals surface area contributed by atoms with Gasteiger partial charge in [-0.25, -0.2) is 0 Å². The van der Waals surface area contributed by atoms with E-state index in [2.05, 4.69) is 6.92 Å². The molecule has 0 fully saturated rings. The summed E-state index contributed by atoms with van der Waals surface area (Å²) in [6.45, 7) is 3.53. The average molecular weight is 290 g/mol. The molecule has 0 amide bonds. The molecule has 0 aliphatic rings. The standard InChI is InChI=1S/C14H21Cl2NO/c1-2-3-4-11(7-8-17)10-18-14-9-12(15)5-6-13(14)16/h5-6,9,11H,2-4,7-8,10,17H2,1H3. The van der Waals surface area contributed by atoms with E-state index in [-0.39, 0.29) is 0 Å². The number of rotatable bonds is 8. The van der Waals surface area contributed by atoms with Crippen LogP contribution in [0, 0.1) is 5.92 Å². The lowest BCUT2D eigenvalue weighted by atomic mass is 9.99. The van der Waals surface area contributed by atoms with E-state index >= 15 is 0 Å². The highest BCUT2D eigenvalue weighted by atomic mass is 35.5. The van der Waals surface area contributed by atoms with Crippen molar-refractivity contribution in [3.8, 4) is 5.75 Å². The van der Waals surface area contributed by atoms with E-state index in [4.69, 9.17) is 33.7 Å². The second-order valence-corrected chi connectivity index (χ2v) is 5.31. The molecule has 0 aliphatic heterocycles. The van der Waals surface area contributed by atoms with Crippen LogP contribution in [0.25, 0.3) is 0 Å². The van der Waals surface area contributed by atoms with Crippen LogP contribution in [0.15, 0.2) is 18.2 Å². The van der Waals surface area contributed by atoms with E-state index in [0.717, 1.165) is 12.8 Å². The molecule has 1 unspecified atom stereocenters. The van der Waals surface area contributed by atoms with Gasteiger partial charge in [0.2, 0.25) is 0 Å². The van der Waals surface area contributed by atoms with Crippen molar-refractivity contribution in [3.05, 3.63) is 28.2 Å². The topological polar surface area (TPSA) is 35.2 Å². The van der Waals surface area contributed by atoms with Crippen LogP contribution < -0.4 is 10.5 Å². The summed E-state index contributed by atoms with van der Waals surface area (Å²) in [7, 11) is 0. The Kier molecular flexibility index (Phi) is 7.48. The molecule has 0 radical (unpaired) electrons. The van der Waals surface area contributed by atoms with Crippen molar-refractivity contribution >= 4 is 23.2 Å². The molecule has 2 N–H and O–H groups in total. The summed E-state index contributed by atoms with van der Waals surface area (Å²) < 4.78 is 5.76. The molecule has 0 saturated carbocycles. The van der Waals surface area contributed by atoms with Gasteiger partial charge in [0, 0.05) is 11.1 Å². The number of benzene rings is 1.